The summed E-state index contributed by atoms with van der Waals surface area (Å²) in [6.45, 7) is 19.6. The van der Waals surface area contributed by atoms with E-state index in [9.17, 15) is 0 Å². The van der Waals surface area contributed by atoms with Crippen molar-refractivity contribution >= 4 is 33.6 Å². The second-order valence-corrected chi connectivity index (χ2v) is 26.0. The van der Waals surface area contributed by atoms with Crippen molar-refractivity contribution in [3.05, 3.63) is 0 Å². The molecule has 1 rings (SSSR count). The molecule has 1 aliphatic heterocycles. The molecule has 10 nitrogen and oxygen atoms in total. The van der Waals surface area contributed by atoms with E-state index in [0.717, 1.165) is 0 Å². The zero-order chi connectivity index (χ0) is 27.6. The molecule has 0 spiro atoms. The summed E-state index contributed by atoms with van der Waals surface area (Å²) in [4.78, 5) is 0. The first-order chi connectivity index (χ1) is 16.6. The van der Waals surface area contributed by atoms with Crippen LogP contribution in [0.3, 0.4) is 0 Å². The van der Waals surface area contributed by atoms with Crippen LogP contribution in [-0.2, 0) is 36.3 Å². The summed E-state index contributed by atoms with van der Waals surface area (Å²) in [5.41, 5.74) is 0. The van der Waals surface area contributed by atoms with Gasteiger partial charge in [-0.3, -0.25) is 0 Å². The van der Waals surface area contributed by atoms with Crippen molar-refractivity contribution in [2.75, 3.05) is 26.9 Å². The van der Waals surface area contributed by atoms with Gasteiger partial charge in [0.15, 0.2) is 31.2 Å². The third-order valence-electron chi connectivity index (χ3n) is 4.46. The fraction of sp³-hybridized carbons (Fsp3) is 0.909. The number of hydrogen-bond donors (Lipinski definition) is 0. The highest BCUT2D eigenvalue weighted by molar-refractivity contribution is 7.41. The van der Waals surface area contributed by atoms with Gasteiger partial charge in [-0.1, -0.05) is 0 Å². The summed E-state index contributed by atoms with van der Waals surface area (Å²) in [6.07, 6.45) is -2.10. The van der Waals surface area contributed by atoms with Gasteiger partial charge in [-0.15, -0.1) is 0 Å². The molecule has 0 N–H and O–H groups in total. The number of hydrogen-bond acceptors (Lipinski definition) is 10. The van der Waals surface area contributed by atoms with E-state index in [1.54, 1.807) is 7.11 Å². The van der Waals surface area contributed by atoms with E-state index in [0.29, 0.717) is 0 Å². The van der Waals surface area contributed by atoms with Crippen molar-refractivity contribution in [3.8, 4) is 12.1 Å². The molecule has 1 aliphatic rings. The monoisotopic (exact) mass is 580 g/mol. The van der Waals surface area contributed by atoms with Crippen LogP contribution in [-0.4, -0.2) is 82.6 Å². The summed E-state index contributed by atoms with van der Waals surface area (Å²) in [5, 5.41) is 17.7. The first kappa shape index (κ1) is 33.8. The van der Waals surface area contributed by atoms with Crippen LogP contribution in [0.4, 0.5) is 0 Å². The van der Waals surface area contributed by atoms with Gasteiger partial charge in [-0.05, 0) is 58.9 Å². The molecule has 1 saturated heterocycles. The number of methoxy groups -OCH3 is 1. The highest BCUT2D eigenvalue weighted by Gasteiger charge is 2.52. The Hall–Kier alpha value is -0.259. The molecule has 1 heterocycles. The van der Waals surface area contributed by atoms with Crippen LogP contribution in [0, 0.1) is 22.7 Å². The standard InChI is InChI=1S/C22H45N2O8PSi3/c1-25-22-21(32-36(8,9)10)20(31-35(5,6)7)19(30-34(2,3)4)18(29-22)17-28-33(26-15-11-13-23)27-16-12-14-24/h18-22H,11-12,15-17H2,1-10H3/t18-,19-,20+,21+,22+/m1/s1. The molecular weight excluding hydrogens is 535 g/mol. The molecule has 0 radical (unpaired) electrons. The first-order valence-electron chi connectivity index (χ1n) is 12.2. The van der Waals surface area contributed by atoms with Gasteiger partial charge in [0.25, 0.3) is 0 Å². The van der Waals surface area contributed by atoms with Crippen molar-refractivity contribution in [2.45, 2.75) is 102 Å². The molecule has 208 valence electrons. The Balaban J connectivity index is 3.25. The van der Waals surface area contributed by atoms with Crippen molar-refractivity contribution in [1.29, 1.82) is 10.5 Å². The third-order valence-corrected chi connectivity index (χ3v) is 8.54. The number of rotatable bonds is 16. The van der Waals surface area contributed by atoms with Gasteiger partial charge >= 0.3 is 8.60 Å². The molecule has 36 heavy (non-hydrogen) atoms. The fourth-order valence-electron chi connectivity index (χ4n) is 3.41. The molecule has 5 atom stereocenters. The van der Waals surface area contributed by atoms with Gasteiger partial charge in [-0.25, -0.2) is 0 Å². The first-order valence-corrected chi connectivity index (χ1v) is 23.6. The number of nitrogens with zero attached hydrogens (tertiary/aromatic N) is 2. The lowest BCUT2D eigenvalue weighted by Gasteiger charge is -2.50. The molecule has 0 bridgehead atoms. The molecule has 0 unspecified atom stereocenters. The molecule has 1 fully saturated rings. The zero-order valence-electron chi connectivity index (χ0n) is 23.5. The van der Waals surface area contributed by atoms with Crippen molar-refractivity contribution < 1.29 is 36.3 Å². The predicted octanol–water partition coefficient (Wildman–Crippen LogP) is 5.12. The van der Waals surface area contributed by atoms with Gasteiger partial charge in [0.2, 0.25) is 0 Å². The van der Waals surface area contributed by atoms with E-state index in [-0.39, 0.29) is 32.7 Å². The van der Waals surface area contributed by atoms with Gasteiger partial charge in [-0.2, -0.15) is 10.5 Å². The van der Waals surface area contributed by atoms with Gasteiger partial charge in [0.05, 0.1) is 44.8 Å². The summed E-state index contributed by atoms with van der Waals surface area (Å²) >= 11 is 0. The second kappa shape index (κ2) is 15.4. The summed E-state index contributed by atoms with van der Waals surface area (Å²) < 4.78 is 49.3. The molecule has 0 aromatic rings. The smallest absolute Gasteiger partial charge is 0.332 e. The average Bonchev–Trinajstić information content (AvgIpc) is 2.72. The Labute approximate surface area is 221 Å². The maximum Gasteiger partial charge on any atom is 0.332 e. The van der Waals surface area contributed by atoms with Crippen LogP contribution < -0.4 is 0 Å². The van der Waals surface area contributed by atoms with Crippen molar-refractivity contribution in [3.63, 3.8) is 0 Å². The van der Waals surface area contributed by atoms with Gasteiger partial charge in [0, 0.05) is 7.11 Å². The Morgan fingerprint density at radius 2 is 1.14 bits per heavy atom. The molecule has 0 aliphatic carbocycles. The lowest BCUT2D eigenvalue weighted by molar-refractivity contribution is -0.283. The third kappa shape index (κ3) is 13.5. The fourth-order valence-corrected chi connectivity index (χ4v) is 7.63. The minimum atomic E-state index is -2.05. The SMILES string of the molecule is CO[C@H]1O[C@H](COP(OCCC#N)OCCC#N)[C@@H](O[Si](C)(C)C)[C@H](O[Si](C)(C)C)[C@@H]1O[Si](C)(C)C. The highest BCUT2D eigenvalue weighted by atomic mass is 31.2. The maximum absolute atomic E-state index is 8.84. The highest BCUT2D eigenvalue weighted by Crippen LogP contribution is 2.42. The van der Waals surface area contributed by atoms with Gasteiger partial charge in [0.1, 0.15) is 24.4 Å². The van der Waals surface area contributed by atoms with Crippen LogP contribution in [0.25, 0.3) is 0 Å². The topological polar surface area (TPSA) is 121 Å². The molecule has 0 aromatic carbocycles. The average molecular weight is 581 g/mol. The maximum atomic E-state index is 8.84. The minimum absolute atomic E-state index is 0.102. The van der Waals surface area contributed by atoms with Crippen molar-refractivity contribution in [1.82, 2.24) is 0 Å². The molecule has 14 heteroatoms. The van der Waals surface area contributed by atoms with Crippen LogP contribution in [0.1, 0.15) is 12.8 Å². The van der Waals surface area contributed by atoms with E-state index < -0.39 is 64.3 Å². The lowest BCUT2D eigenvalue weighted by Crippen LogP contribution is -2.66. The lowest BCUT2D eigenvalue weighted by atomic mass is 9.99. The number of ether oxygens (including phenoxy) is 2. The normalized spacial score (nSPS) is 25.5. The molecule has 0 aromatic heterocycles. The van der Waals surface area contributed by atoms with E-state index in [1.165, 1.54) is 0 Å². The Kier molecular flexibility index (Phi) is 14.4. The van der Waals surface area contributed by atoms with E-state index in [2.05, 4.69) is 58.9 Å². The summed E-state index contributed by atoms with van der Waals surface area (Å²) in [7, 11) is -6.25. The summed E-state index contributed by atoms with van der Waals surface area (Å²) in [5.74, 6) is 0. The summed E-state index contributed by atoms with van der Waals surface area (Å²) in [6, 6.07) is 4.07. The Morgan fingerprint density at radius 1 is 0.694 bits per heavy atom. The quantitative estimate of drug-likeness (QED) is 0.138. The van der Waals surface area contributed by atoms with Gasteiger partial charge < -0.3 is 36.3 Å². The molecular formula is C22H45N2O8PSi3. The molecule has 0 saturated carbocycles. The Morgan fingerprint density at radius 3 is 1.56 bits per heavy atom. The number of nitriles is 2. The van der Waals surface area contributed by atoms with E-state index in [4.69, 9.17) is 46.8 Å². The van der Waals surface area contributed by atoms with Crippen LogP contribution in [0.2, 0.25) is 58.9 Å². The van der Waals surface area contributed by atoms with Crippen LogP contribution in [0.5, 0.6) is 0 Å². The minimum Gasteiger partial charge on any atom is -0.409 e. The largest absolute Gasteiger partial charge is 0.409 e. The van der Waals surface area contributed by atoms with Crippen molar-refractivity contribution in [2.24, 2.45) is 0 Å². The van der Waals surface area contributed by atoms with E-state index >= 15 is 0 Å². The Bertz CT molecular complexity index is 713. The zero-order valence-corrected chi connectivity index (χ0v) is 27.4. The van der Waals surface area contributed by atoms with Crippen LogP contribution >= 0.6 is 8.60 Å². The second-order valence-electron chi connectivity index (χ2n) is 11.4. The molecule has 0 amide bonds. The predicted molar refractivity (Wildman–Crippen MR) is 146 cm³/mol. The van der Waals surface area contributed by atoms with E-state index in [1.807, 2.05) is 12.1 Å². The van der Waals surface area contributed by atoms with Crippen LogP contribution in [0.15, 0.2) is 0 Å².